The summed E-state index contributed by atoms with van der Waals surface area (Å²) < 4.78 is 0. The van der Waals surface area contributed by atoms with Gasteiger partial charge in [-0.05, 0) is 71.0 Å². The lowest BCUT2D eigenvalue weighted by Crippen LogP contribution is -2.39. The van der Waals surface area contributed by atoms with Crippen molar-refractivity contribution in [2.45, 2.75) is 45.4 Å². The smallest absolute Gasteiger partial charge is 0.220 e. The molecule has 0 aromatic heterocycles. The Labute approximate surface area is 163 Å². The number of carbonyl (C=O) groups excluding carboxylic acids is 1. The number of carbonyl (C=O) groups is 1. The lowest BCUT2D eigenvalue weighted by atomic mass is 9.96. The Morgan fingerprint density at radius 3 is 2.46 bits per heavy atom. The van der Waals surface area contributed by atoms with Crippen LogP contribution in [0.5, 0.6) is 0 Å². The molecule has 1 aliphatic carbocycles. The molecule has 0 aromatic carbocycles. The summed E-state index contributed by atoms with van der Waals surface area (Å²) >= 11 is 0. The average molecular weight is 451 g/mol. The highest BCUT2D eigenvalue weighted by Crippen LogP contribution is 2.28. The second-order valence-corrected chi connectivity index (χ2v) is 6.82. The van der Waals surface area contributed by atoms with Gasteiger partial charge in [0.1, 0.15) is 0 Å². The topological polar surface area (TPSA) is 82.8 Å². The summed E-state index contributed by atoms with van der Waals surface area (Å²) in [6.45, 7) is 8.07. The van der Waals surface area contributed by atoms with Gasteiger partial charge in [-0.2, -0.15) is 0 Å². The van der Waals surface area contributed by atoms with Crippen LogP contribution < -0.4 is 16.4 Å². The number of nitrogens with zero attached hydrogens (tertiary/aromatic N) is 2. The van der Waals surface area contributed by atoms with E-state index in [9.17, 15) is 4.79 Å². The van der Waals surface area contributed by atoms with Gasteiger partial charge in [0.15, 0.2) is 5.96 Å². The number of unbranched alkanes of at least 4 members (excludes halogenated alkanes) is 1. The molecule has 0 spiro atoms. The first-order valence-electron chi connectivity index (χ1n) is 9.23. The molecule has 2 fully saturated rings. The van der Waals surface area contributed by atoms with Crippen LogP contribution in [0.2, 0.25) is 0 Å². The third-order valence-electron chi connectivity index (χ3n) is 4.73. The van der Waals surface area contributed by atoms with Gasteiger partial charge < -0.3 is 21.3 Å². The highest BCUT2D eigenvalue weighted by molar-refractivity contribution is 14.0. The van der Waals surface area contributed by atoms with Crippen LogP contribution in [0.25, 0.3) is 0 Å². The maximum absolute atomic E-state index is 11.2. The molecule has 0 aromatic rings. The molecule has 1 aliphatic heterocycles. The minimum Gasteiger partial charge on any atom is -0.369 e. The number of primary amides is 1. The van der Waals surface area contributed by atoms with Gasteiger partial charge in [-0.15, -0.1) is 24.0 Å². The number of rotatable bonds is 9. The van der Waals surface area contributed by atoms with Crippen LogP contribution in [-0.4, -0.2) is 56.0 Å². The van der Waals surface area contributed by atoms with Crippen LogP contribution in [0, 0.1) is 11.8 Å². The Bertz CT molecular complexity index is 392. The molecule has 4 N–H and O–H groups in total. The number of hydrogen-bond donors (Lipinski definition) is 3. The molecule has 140 valence electrons. The largest absolute Gasteiger partial charge is 0.369 e. The standard InChI is InChI=1S/C17H33N5O.HI/c1-2-19-17(21-13-14-5-6-14)20-9-3-4-10-22-11-7-15(8-12-22)16(18)23;/h14-15H,2-13H2,1H3,(H2,18,23)(H2,19,20,21);1H. The van der Waals surface area contributed by atoms with Crippen LogP contribution in [-0.2, 0) is 4.79 Å². The van der Waals surface area contributed by atoms with Gasteiger partial charge in [0.25, 0.3) is 0 Å². The summed E-state index contributed by atoms with van der Waals surface area (Å²) in [5.74, 6) is 1.75. The SMILES string of the molecule is CCNC(=NCC1CC1)NCCCCN1CCC(C(N)=O)CC1.I. The van der Waals surface area contributed by atoms with Crippen LogP contribution in [0.3, 0.4) is 0 Å². The third-order valence-corrected chi connectivity index (χ3v) is 4.73. The van der Waals surface area contributed by atoms with Gasteiger partial charge >= 0.3 is 0 Å². The maximum atomic E-state index is 11.2. The van der Waals surface area contributed by atoms with Gasteiger partial charge in [-0.1, -0.05) is 0 Å². The van der Waals surface area contributed by atoms with Crippen molar-refractivity contribution in [2.75, 3.05) is 39.3 Å². The predicted molar refractivity (Wildman–Crippen MR) is 110 cm³/mol. The molecule has 0 atom stereocenters. The minimum atomic E-state index is -0.129. The lowest BCUT2D eigenvalue weighted by molar-refractivity contribution is -0.123. The van der Waals surface area contributed by atoms with Gasteiger partial charge in [-0.3, -0.25) is 9.79 Å². The number of amides is 1. The Balaban J connectivity index is 0.00000288. The Morgan fingerprint density at radius 2 is 1.88 bits per heavy atom. The third kappa shape index (κ3) is 8.50. The first-order valence-corrected chi connectivity index (χ1v) is 9.23. The van der Waals surface area contributed by atoms with Crippen molar-refractivity contribution < 1.29 is 4.79 Å². The molecule has 1 amide bonds. The predicted octanol–water partition coefficient (Wildman–Crippen LogP) is 1.55. The van der Waals surface area contributed by atoms with Crippen LogP contribution >= 0.6 is 24.0 Å². The molecule has 7 heteroatoms. The Kier molecular flexibility index (Phi) is 10.6. The zero-order valence-corrected chi connectivity index (χ0v) is 17.3. The summed E-state index contributed by atoms with van der Waals surface area (Å²) in [7, 11) is 0. The number of aliphatic imine (C=N–C) groups is 1. The lowest BCUT2D eigenvalue weighted by Gasteiger charge is -2.30. The fourth-order valence-electron chi connectivity index (χ4n) is 2.97. The van der Waals surface area contributed by atoms with Crippen molar-refractivity contribution in [2.24, 2.45) is 22.6 Å². The first-order chi connectivity index (χ1) is 11.2. The summed E-state index contributed by atoms with van der Waals surface area (Å²) in [5.41, 5.74) is 5.37. The molecule has 2 rings (SSSR count). The molecule has 24 heavy (non-hydrogen) atoms. The summed E-state index contributed by atoms with van der Waals surface area (Å²) in [4.78, 5) is 18.2. The molecule has 0 unspecified atom stereocenters. The number of guanidine groups is 1. The molecular weight excluding hydrogens is 417 g/mol. The average Bonchev–Trinajstić information content (AvgIpc) is 3.37. The van der Waals surface area contributed by atoms with E-state index in [2.05, 4.69) is 27.4 Å². The van der Waals surface area contributed by atoms with E-state index in [-0.39, 0.29) is 35.8 Å². The molecule has 1 saturated carbocycles. The van der Waals surface area contributed by atoms with Crippen molar-refractivity contribution in [1.29, 1.82) is 0 Å². The van der Waals surface area contributed by atoms with E-state index < -0.39 is 0 Å². The highest BCUT2D eigenvalue weighted by atomic mass is 127. The van der Waals surface area contributed by atoms with E-state index in [4.69, 9.17) is 5.73 Å². The first kappa shape index (κ1) is 21.5. The van der Waals surface area contributed by atoms with Crippen molar-refractivity contribution in [3.8, 4) is 0 Å². The van der Waals surface area contributed by atoms with E-state index in [1.165, 1.54) is 19.3 Å². The van der Waals surface area contributed by atoms with Gasteiger partial charge in [0, 0.05) is 25.6 Å². The molecule has 2 aliphatic rings. The highest BCUT2D eigenvalue weighted by Gasteiger charge is 2.22. The Morgan fingerprint density at radius 1 is 1.17 bits per heavy atom. The zero-order valence-electron chi connectivity index (χ0n) is 14.9. The van der Waals surface area contributed by atoms with Crippen molar-refractivity contribution in [3.05, 3.63) is 0 Å². The van der Waals surface area contributed by atoms with Crippen molar-refractivity contribution in [1.82, 2.24) is 15.5 Å². The summed E-state index contributed by atoms with van der Waals surface area (Å²) in [6, 6.07) is 0. The minimum absolute atomic E-state index is 0. The maximum Gasteiger partial charge on any atom is 0.220 e. The molecule has 1 heterocycles. The van der Waals surface area contributed by atoms with Crippen molar-refractivity contribution >= 4 is 35.8 Å². The van der Waals surface area contributed by atoms with Crippen molar-refractivity contribution in [3.63, 3.8) is 0 Å². The van der Waals surface area contributed by atoms with E-state index in [1.807, 2.05) is 0 Å². The van der Waals surface area contributed by atoms with Gasteiger partial charge in [-0.25, -0.2) is 0 Å². The molecule has 6 nitrogen and oxygen atoms in total. The zero-order chi connectivity index (χ0) is 16.5. The monoisotopic (exact) mass is 451 g/mol. The fourth-order valence-corrected chi connectivity index (χ4v) is 2.97. The normalized spacial score (nSPS) is 19.6. The van der Waals surface area contributed by atoms with E-state index in [0.717, 1.165) is 70.4 Å². The molecule has 1 saturated heterocycles. The fraction of sp³-hybridized carbons (Fsp3) is 0.882. The molecule has 0 radical (unpaired) electrons. The molecule has 0 bridgehead atoms. The number of piperidine rings is 1. The molecular formula is C17H34IN5O. The van der Waals surface area contributed by atoms with E-state index in [1.54, 1.807) is 0 Å². The summed E-state index contributed by atoms with van der Waals surface area (Å²) in [5, 5.41) is 6.73. The van der Waals surface area contributed by atoms with Gasteiger partial charge in [0.05, 0.1) is 0 Å². The van der Waals surface area contributed by atoms with E-state index in [0.29, 0.717) is 0 Å². The number of nitrogens with two attached hydrogens (primary N) is 1. The van der Waals surface area contributed by atoms with Crippen LogP contribution in [0.1, 0.15) is 45.4 Å². The van der Waals surface area contributed by atoms with Gasteiger partial charge in [0.2, 0.25) is 5.91 Å². The number of nitrogens with one attached hydrogen (secondary N) is 2. The quantitative estimate of drug-likeness (QED) is 0.215. The van der Waals surface area contributed by atoms with Crippen LogP contribution in [0.4, 0.5) is 0 Å². The second-order valence-electron chi connectivity index (χ2n) is 6.82. The summed E-state index contributed by atoms with van der Waals surface area (Å²) in [6.07, 6.45) is 6.85. The van der Waals surface area contributed by atoms with E-state index >= 15 is 0 Å². The number of halogens is 1. The number of likely N-dealkylation sites (tertiary alicyclic amines) is 1. The number of hydrogen-bond acceptors (Lipinski definition) is 3. The Hall–Kier alpha value is -0.570. The second kappa shape index (κ2) is 11.9. The van der Waals surface area contributed by atoms with Crippen LogP contribution in [0.15, 0.2) is 4.99 Å².